The summed E-state index contributed by atoms with van der Waals surface area (Å²) in [5, 5.41) is 23.6. The van der Waals surface area contributed by atoms with Gasteiger partial charge in [0.1, 0.15) is 0 Å². The molecule has 0 aliphatic heterocycles. The molecule has 0 radical (unpaired) electrons. The molecule has 1 rings (SSSR count). The van der Waals surface area contributed by atoms with E-state index >= 15 is 0 Å². The molecule has 0 fully saturated rings. The van der Waals surface area contributed by atoms with Crippen LogP contribution in [-0.4, -0.2) is 13.2 Å². The van der Waals surface area contributed by atoms with Crippen LogP contribution in [0.4, 0.5) is 0 Å². The van der Waals surface area contributed by atoms with Crippen molar-refractivity contribution in [3.8, 4) is 23.0 Å². The third-order valence-corrected chi connectivity index (χ3v) is 2.67. The molecule has 4 nitrogen and oxygen atoms in total. The number of hydrogen-bond donors (Lipinski definition) is 0. The van der Waals surface area contributed by atoms with Crippen molar-refractivity contribution in [3.63, 3.8) is 0 Å². The van der Waals surface area contributed by atoms with Crippen LogP contribution in [0.1, 0.15) is 45.6 Å². The topological polar surface area (TPSA) is 64.6 Å². The first-order chi connectivity index (χ1) is 9.15. The van der Waals surface area contributed by atoms with Gasteiger partial charge in [0.25, 0.3) is 0 Å². The standard InChI is InChI=1S/C15H24O4/c1-4-7-11-14(17)12(16)10-13(18-8-5-2)15(11)19-9-6-3/h10,16-17H,4-9H2,1-3H3/p-2. The minimum Gasteiger partial charge on any atom is -0.873 e. The molecule has 19 heavy (non-hydrogen) atoms. The van der Waals surface area contributed by atoms with Crippen molar-refractivity contribution >= 4 is 0 Å². The lowest BCUT2D eigenvalue weighted by molar-refractivity contribution is -0.318. The van der Waals surface area contributed by atoms with Crippen LogP contribution < -0.4 is 19.7 Å². The van der Waals surface area contributed by atoms with E-state index in [0.717, 1.165) is 19.3 Å². The van der Waals surface area contributed by atoms with Crippen LogP contribution in [-0.2, 0) is 6.42 Å². The maximum Gasteiger partial charge on any atom is 0.163 e. The van der Waals surface area contributed by atoms with Gasteiger partial charge in [-0.25, -0.2) is 0 Å². The van der Waals surface area contributed by atoms with Gasteiger partial charge in [0.05, 0.1) is 13.2 Å². The summed E-state index contributed by atoms with van der Waals surface area (Å²) in [6.07, 6.45) is 3.00. The summed E-state index contributed by atoms with van der Waals surface area (Å²) in [5.74, 6) is -0.111. The molecule has 0 aliphatic carbocycles. The minimum atomic E-state index is -0.515. The van der Waals surface area contributed by atoms with E-state index < -0.39 is 11.5 Å². The average molecular weight is 266 g/mol. The summed E-state index contributed by atoms with van der Waals surface area (Å²) in [7, 11) is 0. The smallest absolute Gasteiger partial charge is 0.163 e. The SMILES string of the molecule is CCCOc1cc([O-])c([O-])c(CCC)c1OCCC. The van der Waals surface area contributed by atoms with Crippen LogP contribution in [0.15, 0.2) is 6.07 Å². The Balaban J connectivity index is 3.18. The Morgan fingerprint density at radius 3 is 2.16 bits per heavy atom. The first-order valence-corrected chi connectivity index (χ1v) is 6.95. The summed E-state index contributed by atoms with van der Waals surface area (Å²) in [5.41, 5.74) is 0.453. The van der Waals surface area contributed by atoms with Gasteiger partial charge in [0, 0.05) is 0 Å². The fourth-order valence-electron chi connectivity index (χ4n) is 1.81. The largest absolute Gasteiger partial charge is 0.873 e. The van der Waals surface area contributed by atoms with Gasteiger partial charge in [-0.15, -0.1) is 11.5 Å². The highest BCUT2D eigenvalue weighted by Crippen LogP contribution is 2.41. The van der Waals surface area contributed by atoms with Crippen LogP contribution in [0.25, 0.3) is 0 Å². The van der Waals surface area contributed by atoms with E-state index in [9.17, 15) is 10.2 Å². The molecular weight excluding hydrogens is 244 g/mol. The van der Waals surface area contributed by atoms with Crippen LogP contribution in [0.5, 0.6) is 23.0 Å². The summed E-state index contributed by atoms with van der Waals surface area (Å²) in [4.78, 5) is 0. The quantitative estimate of drug-likeness (QED) is 0.724. The van der Waals surface area contributed by atoms with Crippen molar-refractivity contribution in [2.75, 3.05) is 13.2 Å². The normalized spacial score (nSPS) is 10.5. The van der Waals surface area contributed by atoms with Gasteiger partial charge in [0.15, 0.2) is 11.5 Å². The molecule has 0 saturated carbocycles. The third-order valence-electron chi connectivity index (χ3n) is 2.67. The lowest BCUT2D eigenvalue weighted by Crippen LogP contribution is -2.10. The molecule has 0 heterocycles. The van der Waals surface area contributed by atoms with Crippen molar-refractivity contribution < 1.29 is 19.7 Å². The summed E-state index contributed by atoms with van der Waals surface area (Å²) in [6.45, 7) is 6.96. The van der Waals surface area contributed by atoms with Crippen LogP contribution >= 0.6 is 0 Å². The van der Waals surface area contributed by atoms with Gasteiger partial charge in [-0.1, -0.05) is 27.2 Å². The second-order valence-corrected chi connectivity index (χ2v) is 4.46. The Kier molecular flexibility index (Phi) is 6.33. The second-order valence-electron chi connectivity index (χ2n) is 4.46. The molecule has 0 saturated heterocycles. The molecule has 4 heteroatoms. The van der Waals surface area contributed by atoms with E-state index in [1.54, 1.807) is 0 Å². The zero-order chi connectivity index (χ0) is 14.3. The number of benzene rings is 1. The van der Waals surface area contributed by atoms with E-state index in [4.69, 9.17) is 9.47 Å². The molecule has 1 aromatic rings. The number of hydrogen-bond acceptors (Lipinski definition) is 4. The maximum absolute atomic E-state index is 11.9. The van der Waals surface area contributed by atoms with Crippen LogP contribution in [0.2, 0.25) is 0 Å². The molecular formula is C15H22O4-2. The van der Waals surface area contributed by atoms with Gasteiger partial charge >= 0.3 is 0 Å². The number of ether oxygens (including phenoxy) is 2. The van der Waals surface area contributed by atoms with Gasteiger partial charge in [-0.2, -0.15) is 0 Å². The molecule has 0 aromatic heterocycles. The zero-order valence-electron chi connectivity index (χ0n) is 12.0. The molecule has 0 N–H and O–H groups in total. The van der Waals surface area contributed by atoms with Gasteiger partial charge in [-0.3, -0.25) is 0 Å². The molecule has 0 spiro atoms. The van der Waals surface area contributed by atoms with Crippen molar-refractivity contribution in [1.82, 2.24) is 0 Å². The molecule has 0 bridgehead atoms. The first kappa shape index (κ1) is 15.5. The molecule has 1 aromatic carbocycles. The molecule has 0 atom stereocenters. The predicted octanol–water partition coefficient (Wildman–Crippen LogP) is 2.36. The van der Waals surface area contributed by atoms with E-state index in [-0.39, 0.29) is 0 Å². The maximum atomic E-state index is 11.9. The van der Waals surface area contributed by atoms with Crippen molar-refractivity contribution in [2.45, 2.75) is 46.5 Å². The monoisotopic (exact) mass is 266 g/mol. The minimum absolute atomic E-state index is 0.406. The predicted molar refractivity (Wildman–Crippen MR) is 70.9 cm³/mol. The lowest BCUT2D eigenvalue weighted by Gasteiger charge is -2.27. The first-order valence-electron chi connectivity index (χ1n) is 6.95. The van der Waals surface area contributed by atoms with E-state index in [2.05, 4.69) is 0 Å². The third kappa shape index (κ3) is 3.94. The molecule has 0 amide bonds. The fraction of sp³-hybridized carbons (Fsp3) is 0.600. The van der Waals surface area contributed by atoms with Crippen molar-refractivity contribution in [2.24, 2.45) is 0 Å². The van der Waals surface area contributed by atoms with Crippen molar-refractivity contribution in [1.29, 1.82) is 0 Å². The Hall–Kier alpha value is -1.58. The summed E-state index contributed by atoms with van der Waals surface area (Å²) >= 11 is 0. The molecule has 0 aliphatic rings. The lowest BCUT2D eigenvalue weighted by atomic mass is 10.1. The highest BCUT2D eigenvalue weighted by atomic mass is 16.5. The Morgan fingerprint density at radius 1 is 0.947 bits per heavy atom. The van der Waals surface area contributed by atoms with E-state index in [1.807, 2.05) is 20.8 Å². The molecule has 0 unspecified atom stereocenters. The van der Waals surface area contributed by atoms with Gasteiger partial charge < -0.3 is 19.7 Å². The number of rotatable bonds is 8. The van der Waals surface area contributed by atoms with Crippen LogP contribution in [0, 0.1) is 0 Å². The average Bonchev–Trinajstić information content (AvgIpc) is 2.41. The van der Waals surface area contributed by atoms with E-state index in [1.165, 1.54) is 6.07 Å². The van der Waals surface area contributed by atoms with Gasteiger partial charge in [0.2, 0.25) is 0 Å². The van der Waals surface area contributed by atoms with Gasteiger partial charge in [-0.05, 0) is 30.9 Å². The second kappa shape index (κ2) is 7.77. The summed E-state index contributed by atoms with van der Waals surface area (Å²) < 4.78 is 11.2. The summed E-state index contributed by atoms with van der Waals surface area (Å²) in [6, 6.07) is 1.25. The Morgan fingerprint density at radius 2 is 1.58 bits per heavy atom. The van der Waals surface area contributed by atoms with E-state index in [0.29, 0.717) is 36.7 Å². The van der Waals surface area contributed by atoms with Crippen LogP contribution in [0.3, 0.4) is 0 Å². The van der Waals surface area contributed by atoms with Crippen molar-refractivity contribution in [3.05, 3.63) is 11.6 Å². The fourth-order valence-corrected chi connectivity index (χ4v) is 1.81. The highest BCUT2D eigenvalue weighted by Gasteiger charge is 2.12. The Labute approximate surface area is 115 Å². The Bertz CT molecular complexity index is 402. The highest BCUT2D eigenvalue weighted by molar-refractivity contribution is 5.59. The zero-order valence-corrected chi connectivity index (χ0v) is 12.0. The molecule has 108 valence electrons.